The molecular formula is C24H23ClF3N5O. The minimum atomic E-state index is -4.48. The van der Waals surface area contributed by atoms with E-state index in [-0.39, 0.29) is 6.54 Å². The van der Waals surface area contributed by atoms with Gasteiger partial charge < -0.3 is 9.64 Å². The summed E-state index contributed by atoms with van der Waals surface area (Å²) in [5, 5.41) is 9.24. The van der Waals surface area contributed by atoms with E-state index in [1.165, 1.54) is 6.07 Å². The summed E-state index contributed by atoms with van der Waals surface area (Å²) in [6.45, 7) is 4.68. The van der Waals surface area contributed by atoms with Gasteiger partial charge in [-0.3, -0.25) is 9.89 Å². The Morgan fingerprint density at radius 3 is 2.56 bits per heavy atom. The smallest absolute Gasteiger partial charge is 0.379 e. The van der Waals surface area contributed by atoms with E-state index in [2.05, 4.69) is 20.1 Å². The Morgan fingerprint density at radius 2 is 1.79 bits per heavy atom. The highest BCUT2D eigenvalue weighted by atomic mass is 35.5. The van der Waals surface area contributed by atoms with Gasteiger partial charge in [0.15, 0.2) is 5.84 Å². The molecule has 34 heavy (non-hydrogen) atoms. The van der Waals surface area contributed by atoms with Crippen molar-refractivity contribution in [3.8, 4) is 0 Å². The van der Waals surface area contributed by atoms with Crippen LogP contribution in [0.3, 0.4) is 0 Å². The molecule has 5 rings (SSSR count). The first-order valence-corrected chi connectivity index (χ1v) is 11.5. The highest BCUT2D eigenvalue weighted by molar-refractivity contribution is 6.36. The predicted octanol–water partition coefficient (Wildman–Crippen LogP) is 4.51. The van der Waals surface area contributed by atoms with Gasteiger partial charge in [-0.05, 0) is 24.3 Å². The number of benzene rings is 2. The average Bonchev–Trinajstić information content (AvgIpc) is 2.99. The summed E-state index contributed by atoms with van der Waals surface area (Å²) in [5.74, 6) is 0.596. The number of morpholine rings is 1. The number of hydrogen-bond acceptors (Lipinski definition) is 6. The standard InChI is InChI=1S/C24H23ClF3N5O/c25-20-4-2-1-3-18(20)23-19-13-16(24(26,27)28)5-6-21(19)33-15-17(30-31-22(33)14-29-23)7-8-32-9-11-34-12-10-32/h1-6,13H,7-12,14-15H2. The van der Waals surface area contributed by atoms with Gasteiger partial charge in [-0.15, -0.1) is 5.10 Å². The Morgan fingerprint density at radius 1 is 1.00 bits per heavy atom. The van der Waals surface area contributed by atoms with Crippen molar-refractivity contribution < 1.29 is 17.9 Å². The molecule has 0 bridgehead atoms. The van der Waals surface area contributed by atoms with Crippen LogP contribution in [-0.2, 0) is 10.9 Å². The molecule has 178 valence electrons. The molecule has 0 aromatic heterocycles. The normalized spacial score (nSPS) is 18.9. The fraction of sp³-hybridized carbons (Fsp3) is 0.375. The van der Waals surface area contributed by atoms with Crippen LogP contribution in [0, 0.1) is 0 Å². The van der Waals surface area contributed by atoms with Crippen molar-refractivity contribution in [3.05, 3.63) is 64.2 Å². The molecule has 10 heteroatoms. The number of anilines is 1. The third-order valence-corrected chi connectivity index (χ3v) is 6.49. The predicted molar refractivity (Wildman–Crippen MR) is 127 cm³/mol. The molecule has 0 spiro atoms. The van der Waals surface area contributed by atoms with E-state index in [0.717, 1.165) is 57.1 Å². The monoisotopic (exact) mass is 489 g/mol. The number of ether oxygens (including phenoxy) is 1. The van der Waals surface area contributed by atoms with Crippen LogP contribution in [0.15, 0.2) is 57.7 Å². The van der Waals surface area contributed by atoms with Gasteiger partial charge in [-0.1, -0.05) is 29.8 Å². The maximum atomic E-state index is 13.6. The lowest BCUT2D eigenvalue weighted by molar-refractivity contribution is -0.137. The van der Waals surface area contributed by atoms with Crippen LogP contribution in [0.1, 0.15) is 23.1 Å². The van der Waals surface area contributed by atoms with Crippen LogP contribution < -0.4 is 4.90 Å². The third-order valence-electron chi connectivity index (χ3n) is 6.16. The number of aliphatic imine (C=N–C) groups is 1. The van der Waals surface area contributed by atoms with Crippen LogP contribution in [0.4, 0.5) is 18.9 Å². The van der Waals surface area contributed by atoms with Crippen LogP contribution >= 0.6 is 11.6 Å². The topological polar surface area (TPSA) is 52.8 Å². The van der Waals surface area contributed by atoms with E-state index in [0.29, 0.717) is 39.9 Å². The van der Waals surface area contributed by atoms with Crippen LogP contribution in [0.2, 0.25) is 5.02 Å². The van der Waals surface area contributed by atoms with Gasteiger partial charge in [0.1, 0.15) is 0 Å². The minimum Gasteiger partial charge on any atom is -0.379 e. The van der Waals surface area contributed by atoms with Crippen molar-refractivity contribution in [2.45, 2.75) is 12.6 Å². The van der Waals surface area contributed by atoms with Gasteiger partial charge in [0.25, 0.3) is 0 Å². The largest absolute Gasteiger partial charge is 0.416 e. The maximum Gasteiger partial charge on any atom is 0.416 e. The van der Waals surface area contributed by atoms with Gasteiger partial charge in [0.2, 0.25) is 0 Å². The number of fused-ring (bicyclic) bond motifs is 3. The number of rotatable bonds is 4. The van der Waals surface area contributed by atoms with E-state index < -0.39 is 11.7 Å². The summed E-state index contributed by atoms with van der Waals surface area (Å²) >= 11 is 6.42. The van der Waals surface area contributed by atoms with Gasteiger partial charge in [-0.25, -0.2) is 0 Å². The average molecular weight is 490 g/mol. The molecular weight excluding hydrogens is 467 g/mol. The lowest BCUT2D eigenvalue weighted by Crippen LogP contribution is -2.42. The second kappa shape index (κ2) is 9.48. The molecule has 3 aliphatic heterocycles. The Balaban J connectivity index is 1.50. The SMILES string of the molecule is FC(F)(F)c1ccc2c(c1)C(c1ccccc1Cl)=NCC1=NN=C(CCN3CCOCC3)CN12. The van der Waals surface area contributed by atoms with Crippen LogP contribution in [-0.4, -0.2) is 68.1 Å². The molecule has 6 nitrogen and oxygen atoms in total. The highest BCUT2D eigenvalue weighted by Crippen LogP contribution is 2.36. The molecule has 0 saturated carbocycles. The summed E-state index contributed by atoms with van der Waals surface area (Å²) in [6.07, 6.45) is -3.75. The second-order valence-corrected chi connectivity index (χ2v) is 8.75. The summed E-state index contributed by atoms with van der Waals surface area (Å²) < 4.78 is 46.2. The zero-order chi connectivity index (χ0) is 23.7. The van der Waals surface area contributed by atoms with Crippen molar-refractivity contribution in [1.82, 2.24) is 4.90 Å². The number of nitrogens with zero attached hydrogens (tertiary/aromatic N) is 5. The first-order valence-electron chi connectivity index (χ1n) is 11.1. The highest BCUT2D eigenvalue weighted by Gasteiger charge is 2.34. The van der Waals surface area contributed by atoms with E-state index in [9.17, 15) is 13.2 Å². The number of halogens is 4. The molecule has 0 aliphatic carbocycles. The molecule has 2 aromatic rings. The van der Waals surface area contributed by atoms with E-state index >= 15 is 0 Å². The fourth-order valence-corrected chi connectivity index (χ4v) is 4.55. The van der Waals surface area contributed by atoms with Gasteiger partial charge >= 0.3 is 6.18 Å². The molecule has 0 radical (unpaired) electrons. The lowest BCUT2D eigenvalue weighted by Gasteiger charge is -2.30. The lowest BCUT2D eigenvalue weighted by atomic mass is 9.97. The molecule has 0 amide bonds. The molecule has 0 N–H and O–H groups in total. The Bertz CT molecular complexity index is 1170. The Labute approximate surface area is 200 Å². The summed E-state index contributed by atoms with van der Waals surface area (Å²) in [4.78, 5) is 8.89. The quantitative estimate of drug-likeness (QED) is 0.635. The Hall–Kier alpha value is -2.75. The van der Waals surface area contributed by atoms with Gasteiger partial charge in [0, 0.05) is 42.2 Å². The summed E-state index contributed by atoms with van der Waals surface area (Å²) in [7, 11) is 0. The van der Waals surface area contributed by atoms with Gasteiger partial charge in [0.05, 0.1) is 49.0 Å². The number of hydrogen-bond donors (Lipinski definition) is 0. The molecule has 3 aliphatic rings. The molecule has 0 unspecified atom stereocenters. The molecule has 1 saturated heterocycles. The van der Waals surface area contributed by atoms with Gasteiger partial charge in [-0.2, -0.15) is 18.3 Å². The minimum absolute atomic E-state index is 0.191. The molecule has 1 fully saturated rings. The second-order valence-electron chi connectivity index (χ2n) is 8.35. The zero-order valence-electron chi connectivity index (χ0n) is 18.4. The van der Waals surface area contributed by atoms with Crippen molar-refractivity contribution in [1.29, 1.82) is 0 Å². The van der Waals surface area contributed by atoms with E-state index in [4.69, 9.17) is 16.3 Å². The van der Waals surface area contributed by atoms with Crippen LogP contribution in [0.25, 0.3) is 0 Å². The zero-order valence-corrected chi connectivity index (χ0v) is 19.1. The first-order chi connectivity index (χ1) is 16.4. The van der Waals surface area contributed by atoms with Crippen LogP contribution in [0.5, 0.6) is 0 Å². The molecule has 3 heterocycles. The van der Waals surface area contributed by atoms with E-state index in [1.807, 2.05) is 4.90 Å². The summed E-state index contributed by atoms with van der Waals surface area (Å²) in [5.41, 5.74) is 2.13. The van der Waals surface area contributed by atoms with Crippen molar-refractivity contribution in [2.24, 2.45) is 15.2 Å². The number of alkyl halides is 3. The molecule has 0 atom stereocenters. The van der Waals surface area contributed by atoms with Crippen molar-refractivity contribution >= 4 is 34.5 Å². The number of amidine groups is 1. The Kier molecular flexibility index (Phi) is 6.42. The van der Waals surface area contributed by atoms with E-state index in [1.54, 1.807) is 24.3 Å². The van der Waals surface area contributed by atoms with Crippen molar-refractivity contribution in [3.63, 3.8) is 0 Å². The fourth-order valence-electron chi connectivity index (χ4n) is 4.33. The maximum absolute atomic E-state index is 13.6. The first kappa shape index (κ1) is 23.0. The van der Waals surface area contributed by atoms with Crippen molar-refractivity contribution in [2.75, 3.05) is 50.8 Å². The molecule has 2 aromatic carbocycles. The third kappa shape index (κ3) is 4.73. The summed E-state index contributed by atoms with van der Waals surface area (Å²) in [6, 6.07) is 10.8.